The number of aliphatic hydroxyl groups is 1. The minimum atomic E-state index is -1.15. The molecule has 6 heterocycles. The van der Waals surface area contributed by atoms with E-state index in [1.165, 1.54) is 6.07 Å². The standard InChI is InChI=1S/C29H31FN6O2/c1-17-26(35(4)16-33-17)22-8-7-19-20-15-32-24(29(2,3)37)14-23(20)36(28(19)34-22)27(18-9-12-38-13-10-18)25-21(30)6-5-11-31-25/h5-8,11,14-16,18,27,37H,9-10,12-13H2,1-4H3. The molecule has 1 aliphatic rings. The van der Waals surface area contributed by atoms with Crippen LogP contribution in [0.2, 0.25) is 0 Å². The molecule has 0 aromatic carbocycles. The third-order valence-electron chi connectivity index (χ3n) is 7.58. The lowest BCUT2D eigenvalue weighted by molar-refractivity contribution is 0.0542. The highest BCUT2D eigenvalue weighted by molar-refractivity contribution is 6.07. The SMILES string of the molecule is Cc1ncn(C)c1-c1ccc2c3cnc(C(C)(C)O)cc3n(C(c3ncccc3F)C3CCOCC3)c2n1. The summed E-state index contributed by atoms with van der Waals surface area (Å²) < 4.78 is 25.2. The van der Waals surface area contributed by atoms with Crippen molar-refractivity contribution in [2.45, 2.75) is 45.3 Å². The van der Waals surface area contributed by atoms with Crippen LogP contribution in [0.4, 0.5) is 4.39 Å². The Balaban J connectivity index is 1.71. The van der Waals surface area contributed by atoms with E-state index in [4.69, 9.17) is 9.72 Å². The number of rotatable bonds is 5. The molecule has 0 radical (unpaired) electrons. The van der Waals surface area contributed by atoms with Gasteiger partial charge in [-0.15, -0.1) is 0 Å². The quantitative estimate of drug-likeness (QED) is 0.352. The molecule has 5 aromatic heterocycles. The fraction of sp³-hybridized carbons (Fsp3) is 0.379. The van der Waals surface area contributed by atoms with Crippen molar-refractivity contribution in [3.63, 3.8) is 0 Å². The van der Waals surface area contributed by atoms with E-state index in [9.17, 15) is 5.11 Å². The first kappa shape index (κ1) is 24.6. The Kier molecular flexibility index (Phi) is 6.00. The van der Waals surface area contributed by atoms with Crippen molar-refractivity contribution in [3.8, 4) is 11.4 Å². The average Bonchev–Trinajstić information content (AvgIpc) is 3.41. The van der Waals surface area contributed by atoms with E-state index in [-0.39, 0.29) is 11.7 Å². The van der Waals surface area contributed by atoms with Crippen molar-refractivity contribution >= 4 is 21.9 Å². The van der Waals surface area contributed by atoms with Crippen LogP contribution < -0.4 is 0 Å². The number of imidazole rings is 1. The molecule has 0 aliphatic carbocycles. The van der Waals surface area contributed by atoms with E-state index in [1.807, 2.05) is 36.7 Å². The zero-order chi connectivity index (χ0) is 26.6. The molecule has 196 valence electrons. The summed E-state index contributed by atoms with van der Waals surface area (Å²) in [6.07, 6.45) is 6.74. The number of aryl methyl sites for hydroxylation is 2. The van der Waals surface area contributed by atoms with Gasteiger partial charge in [-0.2, -0.15) is 0 Å². The normalized spacial score (nSPS) is 15.9. The van der Waals surface area contributed by atoms with Gasteiger partial charge >= 0.3 is 0 Å². The van der Waals surface area contributed by atoms with Crippen molar-refractivity contribution in [3.05, 3.63) is 72.0 Å². The molecule has 0 amide bonds. The summed E-state index contributed by atoms with van der Waals surface area (Å²) in [5.74, 6) is -0.274. The molecule has 1 N–H and O–H groups in total. The molecular formula is C29H31FN6O2. The highest BCUT2D eigenvalue weighted by Gasteiger charge is 2.34. The van der Waals surface area contributed by atoms with Gasteiger partial charge in [-0.1, -0.05) is 0 Å². The highest BCUT2D eigenvalue weighted by atomic mass is 19.1. The van der Waals surface area contributed by atoms with Crippen LogP contribution in [0.3, 0.4) is 0 Å². The van der Waals surface area contributed by atoms with Gasteiger partial charge in [0, 0.05) is 43.4 Å². The second kappa shape index (κ2) is 9.25. The molecule has 9 heteroatoms. The molecule has 1 aliphatic heterocycles. The summed E-state index contributed by atoms with van der Waals surface area (Å²) in [6.45, 7) is 6.60. The van der Waals surface area contributed by atoms with Crippen molar-refractivity contribution < 1.29 is 14.2 Å². The topological polar surface area (TPSA) is 90.9 Å². The summed E-state index contributed by atoms with van der Waals surface area (Å²) in [6, 6.07) is 8.59. The third kappa shape index (κ3) is 4.06. The van der Waals surface area contributed by atoms with Crippen LogP contribution in [0, 0.1) is 18.7 Å². The molecule has 1 fully saturated rings. The summed E-state index contributed by atoms with van der Waals surface area (Å²) in [4.78, 5) is 18.8. The van der Waals surface area contributed by atoms with E-state index in [2.05, 4.69) is 19.5 Å². The lowest BCUT2D eigenvalue weighted by Gasteiger charge is -2.32. The fourth-order valence-electron chi connectivity index (χ4n) is 5.67. The first-order valence-corrected chi connectivity index (χ1v) is 12.9. The molecule has 8 nitrogen and oxygen atoms in total. The van der Waals surface area contributed by atoms with E-state index >= 15 is 4.39 Å². The minimum absolute atomic E-state index is 0.0783. The molecule has 0 bridgehead atoms. The molecular weight excluding hydrogens is 483 g/mol. The number of aromatic nitrogens is 6. The second-order valence-corrected chi connectivity index (χ2v) is 10.6. The van der Waals surface area contributed by atoms with Gasteiger partial charge in [0.15, 0.2) is 0 Å². The van der Waals surface area contributed by atoms with Gasteiger partial charge in [0.2, 0.25) is 0 Å². The predicted octanol–water partition coefficient (Wildman–Crippen LogP) is 5.07. The van der Waals surface area contributed by atoms with Gasteiger partial charge in [0.05, 0.1) is 46.4 Å². The first-order valence-electron chi connectivity index (χ1n) is 12.9. The zero-order valence-corrected chi connectivity index (χ0v) is 22.0. The van der Waals surface area contributed by atoms with Gasteiger partial charge in [-0.05, 0) is 69.9 Å². The maximum atomic E-state index is 15.5. The molecule has 1 atom stereocenters. The van der Waals surface area contributed by atoms with Crippen molar-refractivity contribution in [1.29, 1.82) is 0 Å². The third-order valence-corrected chi connectivity index (χ3v) is 7.58. The van der Waals surface area contributed by atoms with Gasteiger partial charge < -0.3 is 19.0 Å². The van der Waals surface area contributed by atoms with Crippen LogP contribution in [0.5, 0.6) is 0 Å². The van der Waals surface area contributed by atoms with Gasteiger partial charge in [-0.3, -0.25) is 9.97 Å². The average molecular weight is 515 g/mol. The predicted molar refractivity (Wildman–Crippen MR) is 143 cm³/mol. The largest absolute Gasteiger partial charge is 0.384 e. The number of hydrogen-bond donors (Lipinski definition) is 1. The van der Waals surface area contributed by atoms with E-state index in [0.29, 0.717) is 30.2 Å². The summed E-state index contributed by atoms with van der Waals surface area (Å²) in [5.41, 5.74) is 3.89. The Hall–Kier alpha value is -3.69. The second-order valence-electron chi connectivity index (χ2n) is 10.6. The van der Waals surface area contributed by atoms with E-state index in [0.717, 1.165) is 46.2 Å². The van der Waals surface area contributed by atoms with Crippen molar-refractivity contribution in [2.75, 3.05) is 13.2 Å². The minimum Gasteiger partial charge on any atom is -0.384 e. The Labute approximate surface area is 220 Å². The first-order chi connectivity index (χ1) is 18.2. The summed E-state index contributed by atoms with van der Waals surface area (Å²) in [7, 11) is 1.95. The summed E-state index contributed by atoms with van der Waals surface area (Å²) in [5, 5.41) is 12.6. The van der Waals surface area contributed by atoms with Crippen molar-refractivity contribution in [1.82, 2.24) is 29.1 Å². The fourth-order valence-corrected chi connectivity index (χ4v) is 5.67. The Morgan fingerprint density at radius 1 is 1.11 bits per heavy atom. The van der Waals surface area contributed by atoms with Crippen LogP contribution in [-0.2, 0) is 17.4 Å². The number of fused-ring (bicyclic) bond motifs is 3. The Morgan fingerprint density at radius 2 is 1.89 bits per heavy atom. The number of halogens is 1. The summed E-state index contributed by atoms with van der Waals surface area (Å²) >= 11 is 0. The van der Waals surface area contributed by atoms with E-state index < -0.39 is 11.6 Å². The Morgan fingerprint density at radius 3 is 2.58 bits per heavy atom. The molecule has 0 saturated carbocycles. The molecule has 5 aromatic rings. The molecule has 38 heavy (non-hydrogen) atoms. The smallest absolute Gasteiger partial charge is 0.146 e. The maximum absolute atomic E-state index is 15.5. The molecule has 6 rings (SSSR count). The molecule has 1 unspecified atom stereocenters. The number of ether oxygens (including phenoxy) is 1. The van der Waals surface area contributed by atoms with Crippen LogP contribution in [-0.4, -0.2) is 47.4 Å². The maximum Gasteiger partial charge on any atom is 0.146 e. The number of pyridine rings is 3. The van der Waals surface area contributed by atoms with Gasteiger partial charge in [-0.25, -0.2) is 14.4 Å². The van der Waals surface area contributed by atoms with Crippen LogP contribution in [0.25, 0.3) is 33.3 Å². The van der Waals surface area contributed by atoms with Gasteiger partial charge in [0.25, 0.3) is 0 Å². The Bertz CT molecular complexity index is 1630. The zero-order valence-electron chi connectivity index (χ0n) is 22.0. The monoisotopic (exact) mass is 514 g/mol. The lowest BCUT2D eigenvalue weighted by Crippen LogP contribution is -2.28. The highest BCUT2D eigenvalue weighted by Crippen LogP contribution is 2.41. The van der Waals surface area contributed by atoms with E-state index in [1.54, 1.807) is 38.6 Å². The lowest BCUT2D eigenvalue weighted by atomic mass is 9.88. The molecule has 0 spiro atoms. The molecule has 1 saturated heterocycles. The number of nitrogens with zero attached hydrogens (tertiary/aromatic N) is 6. The van der Waals surface area contributed by atoms with Crippen LogP contribution >= 0.6 is 0 Å². The van der Waals surface area contributed by atoms with Crippen LogP contribution in [0.15, 0.2) is 49.1 Å². The van der Waals surface area contributed by atoms with Crippen molar-refractivity contribution in [2.24, 2.45) is 13.0 Å². The van der Waals surface area contributed by atoms with Crippen LogP contribution in [0.1, 0.15) is 49.8 Å². The van der Waals surface area contributed by atoms with Gasteiger partial charge in [0.1, 0.15) is 17.1 Å². The number of hydrogen-bond acceptors (Lipinski definition) is 6.